The zero-order valence-corrected chi connectivity index (χ0v) is 19.7. The molecule has 0 aliphatic carbocycles. The van der Waals surface area contributed by atoms with Crippen LogP contribution >= 0.6 is 11.3 Å². The Balaban J connectivity index is 1.71. The number of rotatable bonds is 6. The molecule has 8 nitrogen and oxygen atoms in total. The van der Waals surface area contributed by atoms with E-state index in [-0.39, 0.29) is 18.0 Å². The number of hydrogen-bond acceptors (Lipinski definition) is 7. The van der Waals surface area contributed by atoms with Crippen LogP contribution in [-0.4, -0.2) is 33.2 Å². The van der Waals surface area contributed by atoms with E-state index in [1.54, 1.807) is 26.0 Å². The zero-order chi connectivity index (χ0) is 24.2. The summed E-state index contributed by atoms with van der Waals surface area (Å²) in [5, 5.41) is 7.57. The number of carbonyl (C=O) groups excluding carboxylic acids is 2. The van der Waals surface area contributed by atoms with E-state index in [1.807, 2.05) is 49.4 Å². The predicted molar refractivity (Wildman–Crippen MR) is 131 cm³/mol. The molecule has 2 aromatic heterocycles. The van der Waals surface area contributed by atoms with E-state index in [2.05, 4.69) is 15.4 Å². The van der Waals surface area contributed by atoms with Gasteiger partial charge in [0.05, 0.1) is 23.7 Å². The van der Waals surface area contributed by atoms with Crippen molar-refractivity contribution in [3.63, 3.8) is 0 Å². The monoisotopic (exact) mass is 474 g/mol. The van der Waals surface area contributed by atoms with Gasteiger partial charge in [-0.25, -0.2) is 9.78 Å². The number of amides is 1. The fourth-order valence-corrected chi connectivity index (χ4v) is 4.23. The summed E-state index contributed by atoms with van der Waals surface area (Å²) >= 11 is 1.23. The first-order valence-corrected chi connectivity index (χ1v) is 11.4. The van der Waals surface area contributed by atoms with Gasteiger partial charge in [-0.05, 0) is 32.9 Å². The average Bonchev–Trinajstić information content (AvgIpc) is 3.22. The van der Waals surface area contributed by atoms with E-state index in [1.165, 1.54) is 17.4 Å². The summed E-state index contributed by atoms with van der Waals surface area (Å²) in [5.74, 6) is -1.23. The van der Waals surface area contributed by atoms with Gasteiger partial charge >= 0.3 is 5.97 Å². The lowest BCUT2D eigenvalue weighted by molar-refractivity contribution is 0.0518. The van der Waals surface area contributed by atoms with E-state index in [4.69, 9.17) is 4.74 Å². The van der Waals surface area contributed by atoms with Crippen molar-refractivity contribution in [3.8, 4) is 16.3 Å². The lowest BCUT2D eigenvalue weighted by Crippen LogP contribution is -2.27. The molecule has 34 heavy (non-hydrogen) atoms. The number of nitrogens with one attached hydrogen (secondary N) is 1. The molecule has 0 bridgehead atoms. The SMILES string of the molecule is CCOC(=O)c1nn(-c2ccc(C)cc2)c(=O)cc1NC(=O)c1sc(-c2ccccc2)nc1C. The van der Waals surface area contributed by atoms with Gasteiger partial charge in [-0.15, -0.1) is 11.3 Å². The number of carbonyl (C=O) groups is 2. The van der Waals surface area contributed by atoms with E-state index < -0.39 is 17.4 Å². The van der Waals surface area contributed by atoms with E-state index in [9.17, 15) is 14.4 Å². The van der Waals surface area contributed by atoms with Gasteiger partial charge in [0.15, 0.2) is 5.69 Å². The number of anilines is 1. The van der Waals surface area contributed by atoms with E-state index in [0.717, 1.165) is 15.8 Å². The Morgan fingerprint density at radius 1 is 1.06 bits per heavy atom. The Morgan fingerprint density at radius 3 is 2.44 bits per heavy atom. The Bertz CT molecular complexity index is 1410. The first kappa shape index (κ1) is 23.1. The highest BCUT2D eigenvalue weighted by Crippen LogP contribution is 2.28. The molecule has 4 rings (SSSR count). The molecule has 0 aliphatic rings. The van der Waals surface area contributed by atoms with Crippen LogP contribution in [0.3, 0.4) is 0 Å². The van der Waals surface area contributed by atoms with Crippen LogP contribution in [-0.2, 0) is 4.74 Å². The summed E-state index contributed by atoms with van der Waals surface area (Å²) in [5.41, 5.74) is 2.25. The Labute approximate surface area is 199 Å². The van der Waals surface area contributed by atoms with Crippen LogP contribution in [0.1, 0.15) is 38.3 Å². The molecule has 0 spiro atoms. The van der Waals surface area contributed by atoms with Gasteiger partial charge in [0.2, 0.25) is 0 Å². The molecule has 0 unspecified atom stereocenters. The van der Waals surface area contributed by atoms with Crippen molar-refractivity contribution in [2.75, 3.05) is 11.9 Å². The highest BCUT2D eigenvalue weighted by Gasteiger charge is 2.23. The topological polar surface area (TPSA) is 103 Å². The Kier molecular flexibility index (Phi) is 6.65. The van der Waals surface area contributed by atoms with Crippen molar-refractivity contribution >= 4 is 28.9 Å². The molecule has 1 amide bonds. The van der Waals surface area contributed by atoms with Crippen molar-refractivity contribution in [2.24, 2.45) is 0 Å². The van der Waals surface area contributed by atoms with Crippen LogP contribution in [0.2, 0.25) is 0 Å². The molecule has 0 aliphatic heterocycles. The lowest BCUT2D eigenvalue weighted by Gasteiger charge is -2.12. The van der Waals surface area contributed by atoms with Gasteiger partial charge < -0.3 is 10.1 Å². The summed E-state index contributed by atoms with van der Waals surface area (Å²) in [7, 11) is 0. The molecular formula is C25H22N4O4S. The predicted octanol–water partition coefficient (Wildman–Crippen LogP) is 4.40. The largest absolute Gasteiger partial charge is 0.461 e. The molecule has 172 valence electrons. The molecule has 0 saturated carbocycles. The van der Waals surface area contributed by atoms with Crippen LogP contribution in [0.25, 0.3) is 16.3 Å². The molecule has 2 aromatic carbocycles. The molecule has 0 atom stereocenters. The van der Waals surface area contributed by atoms with Gasteiger partial charge in [0, 0.05) is 11.6 Å². The van der Waals surface area contributed by atoms with Crippen molar-refractivity contribution in [2.45, 2.75) is 20.8 Å². The number of aryl methyl sites for hydroxylation is 2. The molecule has 0 radical (unpaired) electrons. The average molecular weight is 475 g/mol. The summed E-state index contributed by atoms with van der Waals surface area (Å²) in [6.45, 7) is 5.44. The van der Waals surface area contributed by atoms with Crippen LogP contribution in [0.15, 0.2) is 65.5 Å². The zero-order valence-electron chi connectivity index (χ0n) is 18.9. The van der Waals surface area contributed by atoms with Crippen molar-refractivity contribution < 1.29 is 14.3 Å². The number of thiazole rings is 1. The first-order chi connectivity index (χ1) is 16.4. The number of benzene rings is 2. The maximum Gasteiger partial charge on any atom is 0.360 e. The van der Waals surface area contributed by atoms with E-state index >= 15 is 0 Å². The van der Waals surface area contributed by atoms with Crippen molar-refractivity contribution in [3.05, 3.63) is 92.8 Å². The minimum atomic E-state index is -0.746. The van der Waals surface area contributed by atoms with Gasteiger partial charge in [-0.2, -0.15) is 9.78 Å². The van der Waals surface area contributed by atoms with E-state index in [0.29, 0.717) is 21.3 Å². The molecule has 9 heteroatoms. The second-order valence-corrected chi connectivity index (χ2v) is 8.47. The minimum absolute atomic E-state index is 0.0223. The fraction of sp³-hybridized carbons (Fsp3) is 0.160. The summed E-state index contributed by atoms with van der Waals surface area (Å²) in [6, 6.07) is 17.8. The van der Waals surface area contributed by atoms with Crippen LogP contribution in [0.5, 0.6) is 0 Å². The normalized spacial score (nSPS) is 10.7. The Morgan fingerprint density at radius 2 is 1.76 bits per heavy atom. The Hall–Kier alpha value is -4.11. The quantitative estimate of drug-likeness (QED) is 0.416. The van der Waals surface area contributed by atoms with Crippen molar-refractivity contribution in [1.82, 2.24) is 14.8 Å². The number of hydrogen-bond donors (Lipinski definition) is 1. The summed E-state index contributed by atoms with van der Waals surface area (Å²) in [4.78, 5) is 43.4. The molecule has 1 N–H and O–H groups in total. The van der Waals surface area contributed by atoms with Crippen LogP contribution in [0, 0.1) is 13.8 Å². The highest BCUT2D eigenvalue weighted by atomic mass is 32.1. The molecule has 0 saturated heterocycles. The second kappa shape index (κ2) is 9.80. The molecular weight excluding hydrogens is 452 g/mol. The van der Waals surface area contributed by atoms with Crippen LogP contribution < -0.4 is 10.9 Å². The second-order valence-electron chi connectivity index (χ2n) is 7.47. The first-order valence-electron chi connectivity index (χ1n) is 10.6. The smallest absolute Gasteiger partial charge is 0.360 e. The summed E-state index contributed by atoms with van der Waals surface area (Å²) < 4.78 is 6.22. The molecule has 4 aromatic rings. The maximum atomic E-state index is 13.1. The van der Waals surface area contributed by atoms with Gasteiger partial charge in [-0.1, -0.05) is 48.0 Å². The number of esters is 1. The minimum Gasteiger partial charge on any atom is -0.461 e. The molecule has 2 heterocycles. The lowest BCUT2D eigenvalue weighted by atomic mass is 10.2. The van der Waals surface area contributed by atoms with Crippen LogP contribution in [0.4, 0.5) is 5.69 Å². The van der Waals surface area contributed by atoms with Crippen molar-refractivity contribution in [1.29, 1.82) is 0 Å². The maximum absolute atomic E-state index is 13.1. The third-order valence-electron chi connectivity index (χ3n) is 4.95. The van der Waals surface area contributed by atoms with Gasteiger partial charge in [0.25, 0.3) is 11.5 Å². The molecule has 0 fully saturated rings. The fourth-order valence-electron chi connectivity index (χ4n) is 3.26. The third kappa shape index (κ3) is 4.79. The standard InChI is InChI=1S/C25H22N4O4S/c1-4-33-25(32)21-19(14-20(30)29(28-21)18-12-10-15(2)11-13-18)27-23(31)22-16(3)26-24(34-22)17-8-6-5-7-9-17/h5-14H,4H2,1-3H3,(H,27,31). The van der Waals surface area contributed by atoms with Gasteiger partial charge in [-0.3, -0.25) is 9.59 Å². The van der Waals surface area contributed by atoms with Gasteiger partial charge in [0.1, 0.15) is 9.88 Å². The third-order valence-corrected chi connectivity index (χ3v) is 6.16. The number of ether oxygens (including phenoxy) is 1. The summed E-state index contributed by atoms with van der Waals surface area (Å²) in [6.07, 6.45) is 0. The highest BCUT2D eigenvalue weighted by molar-refractivity contribution is 7.17. The number of aromatic nitrogens is 3. The number of nitrogens with zero attached hydrogens (tertiary/aromatic N) is 3.